The van der Waals surface area contributed by atoms with Gasteiger partial charge in [-0.25, -0.2) is 0 Å². The first-order valence-corrected chi connectivity index (χ1v) is 11.6. The summed E-state index contributed by atoms with van der Waals surface area (Å²) in [5.41, 5.74) is 4.19. The van der Waals surface area contributed by atoms with Gasteiger partial charge in [0.15, 0.2) is 0 Å². The molecule has 2 heterocycles. The van der Waals surface area contributed by atoms with Crippen LogP contribution in [0.5, 0.6) is 0 Å². The lowest BCUT2D eigenvalue weighted by atomic mass is 10.0. The van der Waals surface area contributed by atoms with E-state index in [0.29, 0.717) is 32.0 Å². The molecule has 32 heavy (non-hydrogen) atoms. The summed E-state index contributed by atoms with van der Waals surface area (Å²) in [4.78, 5) is 14.9. The van der Waals surface area contributed by atoms with E-state index in [-0.39, 0.29) is 5.91 Å². The molecule has 1 N–H and O–H groups in total. The van der Waals surface area contributed by atoms with E-state index in [1.165, 1.54) is 16.9 Å². The number of thiophene rings is 1. The molecular formula is C24H18Cl2N4OS. The zero-order chi connectivity index (χ0) is 22.4. The number of carbonyl (C=O) groups excluding carboxylic acids is 1. The number of carbonyl (C=O) groups is 1. The van der Waals surface area contributed by atoms with Crippen molar-refractivity contribution in [2.75, 3.05) is 5.32 Å². The number of hydrogen-bond donors (Lipinski definition) is 1. The van der Waals surface area contributed by atoms with Crippen molar-refractivity contribution in [2.24, 2.45) is 0 Å². The molecule has 1 amide bonds. The molecule has 2 aromatic heterocycles. The van der Waals surface area contributed by atoms with Crippen LogP contribution in [0.1, 0.15) is 35.0 Å². The molecule has 0 bridgehead atoms. The minimum absolute atomic E-state index is 0.275. The van der Waals surface area contributed by atoms with Crippen LogP contribution in [0.15, 0.2) is 60.7 Å². The molecule has 5 aromatic rings. The average molecular weight is 481 g/mol. The third kappa shape index (κ3) is 3.86. The minimum Gasteiger partial charge on any atom is -0.321 e. The average Bonchev–Trinajstić information content (AvgIpc) is 3.34. The Kier molecular flexibility index (Phi) is 5.37. The quantitative estimate of drug-likeness (QED) is 0.293. The Morgan fingerprint density at radius 3 is 2.47 bits per heavy atom. The molecule has 0 aliphatic heterocycles. The number of benzene rings is 3. The summed E-state index contributed by atoms with van der Waals surface area (Å²) in [7, 11) is 0. The lowest BCUT2D eigenvalue weighted by molar-refractivity contribution is 0.103. The highest BCUT2D eigenvalue weighted by Crippen LogP contribution is 2.37. The SMILES string of the molecule is CC(C)c1ccc(-n2nc3ccc(NC(=O)c4sc5cc(Cl)ccc5c4Cl)cc3n2)cc1. The predicted octanol–water partition coefficient (Wildman–Crippen LogP) is 7.32. The molecule has 0 aliphatic rings. The molecule has 0 spiro atoms. The van der Waals surface area contributed by atoms with Crippen LogP contribution in [0.25, 0.3) is 26.8 Å². The molecule has 0 saturated heterocycles. The van der Waals surface area contributed by atoms with Crippen molar-refractivity contribution < 1.29 is 4.79 Å². The lowest BCUT2D eigenvalue weighted by Gasteiger charge is -2.05. The highest BCUT2D eigenvalue weighted by atomic mass is 35.5. The molecule has 0 atom stereocenters. The Balaban J connectivity index is 1.41. The van der Waals surface area contributed by atoms with Crippen LogP contribution in [-0.2, 0) is 0 Å². The maximum atomic E-state index is 12.9. The summed E-state index contributed by atoms with van der Waals surface area (Å²) in [6.07, 6.45) is 0. The van der Waals surface area contributed by atoms with Crippen LogP contribution in [0.2, 0.25) is 10.0 Å². The number of aromatic nitrogens is 3. The van der Waals surface area contributed by atoms with Crippen molar-refractivity contribution in [2.45, 2.75) is 19.8 Å². The Labute approximate surface area is 198 Å². The van der Waals surface area contributed by atoms with E-state index in [4.69, 9.17) is 23.2 Å². The molecule has 3 aromatic carbocycles. The summed E-state index contributed by atoms with van der Waals surface area (Å²) in [6, 6.07) is 19.0. The second-order valence-electron chi connectivity index (χ2n) is 7.78. The standard InChI is InChI=1S/C24H18Cl2N4OS/c1-13(2)14-3-7-17(8-4-14)30-28-19-10-6-16(12-20(19)29-30)27-24(31)23-22(26)18-9-5-15(25)11-21(18)32-23/h3-13H,1-2H3,(H,27,31). The molecule has 5 nitrogen and oxygen atoms in total. The monoisotopic (exact) mass is 480 g/mol. The van der Waals surface area contributed by atoms with E-state index >= 15 is 0 Å². The Hall–Kier alpha value is -2.93. The normalized spacial score (nSPS) is 11.5. The van der Waals surface area contributed by atoms with Gasteiger partial charge in [-0.05, 0) is 53.9 Å². The fourth-order valence-corrected chi connectivity index (χ4v) is 5.16. The van der Waals surface area contributed by atoms with Crippen molar-refractivity contribution in [3.8, 4) is 5.69 Å². The second kappa shape index (κ2) is 8.20. The van der Waals surface area contributed by atoms with E-state index in [2.05, 4.69) is 41.5 Å². The Morgan fingerprint density at radius 1 is 0.969 bits per heavy atom. The van der Waals surface area contributed by atoms with E-state index < -0.39 is 0 Å². The fourth-order valence-electron chi connectivity index (χ4n) is 3.47. The fraction of sp³-hybridized carbons (Fsp3) is 0.125. The number of nitrogens with zero attached hydrogens (tertiary/aromatic N) is 3. The first-order valence-electron chi connectivity index (χ1n) is 10.1. The topological polar surface area (TPSA) is 59.8 Å². The molecular weight excluding hydrogens is 463 g/mol. The molecule has 5 rings (SSSR count). The molecule has 0 unspecified atom stereocenters. The summed E-state index contributed by atoms with van der Waals surface area (Å²) < 4.78 is 0.870. The van der Waals surface area contributed by atoms with Gasteiger partial charge in [0, 0.05) is 20.8 Å². The third-order valence-corrected chi connectivity index (χ3v) is 7.12. The van der Waals surface area contributed by atoms with Gasteiger partial charge in [0.25, 0.3) is 5.91 Å². The van der Waals surface area contributed by atoms with Crippen molar-refractivity contribution in [1.82, 2.24) is 15.0 Å². The number of fused-ring (bicyclic) bond motifs is 2. The maximum absolute atomic E-state index is 12.9. The summed E-state index contributed by atoms with van der Waals surface area (Å²) >= 11 is 13.8. The Bertz CT molecular complexity index is 1470. The zero-order valence-corrected chi connectivity index (χ0v) is 19.6. The van der Waals surface area contributed by atoms with Gasteiger partial charge in [0.2, 0.25) is 0 Å². The van der Waals surface area contributed by atoms with Gasteiger partial charge in [-0.1, -0.05) is 55.2 Å². The van der Waals surface area contributed by atoms with Crippen LogP contribution in [0.4, 0.5) is 5.69 Å². The number of anilines is 1. The minimum atomic E-state index is -0.275. The van der Waals surface area contributed by atoms with Gasteiger partial charge < -0.3 is 5.32 Å². The van der Waals surface area contributed by atoms with Gasteiger partial charge in [-0.2, -0.15) is 4.80 Å². The van der Waals surface area contributed by atoms with E-state index in [0.717, 1.165) is 21.3 Å². The van der Waals surface area contributed by atoms with Crippen molar-refractivity contribution in [1.29, 1.82) is 0 Å². The van der Waals surface area contributed by atoms with E-state index in [9.17, 15) is 4.79 Å². The van der Waals surface area contributed by atoms with Crippen LogP contribution in [0, 0.1) is 0 Å². The number of nitrogens with one attached hydrogen (secondary N) is 1. The third-order valence-electron chi connectivity index (χ3n) is 5.23. The molecule has 160 valence electrons. The highest BCUT2D eigenvalue weighted by molar-refractivity contribution is 7.21. The van der Waals surface area contributed by atoms with Gasteiger partial charge in [0.05, 0.1) is 10.7 Å². The lowest BCUT2D eigenvalue weighted by Crippen LogP contribution is -2.10. The van der Waals surface area contributed by atoms with Crippen molar-refractivity contribution >= 4 is 67.3 Å². The molecule has 8 heteroatoms. The first kappa shape index (κ1) is 20.9. The van der Waals surface area contributed by atoms with Crippen molar-refractivity contribution in [3.63, 3.8) is 0 Å². The van der Waals surface area contributed by atoms with Crippen LogP contribution in [-0.4, -0.2) is 20.9 Å². The Morgan fingerprint density at radius 2 is 1.72 bits per heavy atom. The second-order valence-corrected chi connectivity index (χ2v) is 9.65. The number of halogens is 2. The first-order chi connectivity index (χ1) is 15.4. The smallest absolute Gasteiger partial charge is 0.267 e. The highest BCUT2D eigenvalue weighted by Gasteiger charge is 2.18. The van der Waals surface area contributed by atoms with Crippen LogP contribution < -0.4 is 5.32 Å². The maximum Gasteiger partial charge on any atom is 0.267 e. The van der Waals surface area contributed by atoms with Gasteiger partial charge >= 0.3 is 0 Å². The summed E-state index contributed by atoms with van der Waals surface area (Å²) in [5.74, 6) is 0.189. The largest absolute Gasteiger partial charge is 0.321 e. The van der Waals surface area contributed by atoms with Crippen LogP contribution >= 0.6 is 34.5 Å². The van der Waals surface area contributed by atoms with E-state index in [1.807, 2.05) is 30.3 Å². The van der Waals surface area contributed by atoms with Crippen LogP contribution in [0.3, 0.4) is 0 Å². The molecule has 0 aliphatic carbocycles. The summed E-state index contributed by atoms with van der Waals surface area (Å²) in [6.45, 7) is 4.32. The van der Waals surface area contributed by atoms with E-state index in [1.54, 1.807) is 23.0 Å². The molecule has 0 saturated carbocycles. The predicted molar refractivity (Wildman–Crippen MR) is 133 cm³/mol. The number of rotatable bonds is 4. The number of hydrogen-bond acceptors (Lipinski definition) is 4. The van der Waals surface area contributed by atoms with Crippen molar-refractivity contribution in [3.05, 3.63) is 81.1 Å². The van der Waals surface area contributed by atoms with Gasteiger partial charge in [-0.3, -0.25) is 4.79 Å². The van der Waals surface area contributed by atoms with Gasteiger partial charge in [0.1, 0.15) is 15.9 Å². The zero-order valence-electron chi connectivity index (χ0n) is 17.3. The number of amides is 1. The molecule has 0 fully saturated rings. The molecule has 0 radical (unpaired) electrons. The summed E-state index contributed by atoms with van der Waals surface area (Å²) in [5, 5.41) is 13.9. The van der Waals surface area contributed by atoms with Gasteiger partial charge in [-0.15, -0.1) is 21.5 Å².